The van der Waals surface area contributed by atoms with Gasteiger partial charge in [0.25, 0.3) is 0 Å². The van der Waals surface area contributed by atoms with Crippen LogP contribution in [-0.4, -0.2) is 37.4 Å². The van der Waals surface area contributed by atoms with Crippen LogP contribution >= 0.6 is 11.6 Å². The molecule has 1 N–H and O–H groups in total. The molecule has 1 aromatic rings. The fraction of sp³-hybridized carbons (Fsp3) is 0.579. The molecule has 0 radical (unpaired) electrons. The third-order valence-electron chi connectivity index (χ3n) is 3.84. The molecule has 0 bridgehead atoms. The molecule has 0 spiro atoms. The number of ether oxygens (including phenoxy) is 3. The zero-order valence-corrected chi connectivity index (χ0v) is 16.4. The quantitative estimate of drug-likeness (QED) is 0.601. The molecule has 1 aliphatic carbocycles. The van der Waals surface area contributed by atoms with Crippen molar-refractivity contribution < 1.29 is 23.8 Å². The second-order valence-corrected chi connectivity index (χ2v) is 7.58. The minimum absolute atomic E-state index is 0.188. The maximum Gasteiger partial charge on any atom is 0.407 e. The number of carbonyl (C=O) groups excluding carboxylic acids is 2. The van der Waals surface area contributed by atoms with Crippen molar-refractivity contribution in [3.05, 3.63) is 28.3 Å². The van der Waals surface area contributed by atoms with Gasteiger partial charge in [-0.1, -0.05) is 11.6 Å². The molecule has 144 valence electrons. The first-order valence-corrected chi connectivity index (χ1v) is 9.15. The van der Waals surface area contributed by atoms with E-state index < -0.39 is 11.7 Å². The Morgan fingerprint density at radius 3 is 2.65 bits per heavy atom. The SMILES string of the molecule is CCOC(=O)C1Cc2cc(OCCNC(=O)OC(C)(C)C)cc(Cl)c2C1. The molecule has 0 aromatic heterocycles. The normalized spacial score (nSPS) is 16.0. The third kappa shape index (κ3) is 5.80. The van der Waals surface area contributed by atoms with E-state index in [2.05, 4.69) is 5.32 Å². The number of halogens is 1. The summed E-state index contributed by atoms with van der Waals surface area (Å²) in [5.74, 6) is 0.236. The van der Waals surface area contributed by atoms with Gasteiger partial charge in [0.15, 0.2) is 0 Å². The Morgan fingerprint density at radius 1 is 1.27 bits per heavy atom. The molecule has 6 nitrogen and oxygen atoms in total. The number of fused-ring (bicyclic) bond motifs is 1. The summed E-state index contributed by atoms with van der Waals surface area (Å²) in [4.78, 5) is 23.5. The van der Waals surface area contributed by atoms with Gasteiger partial charge in [-0.25, -0.2) is 4.79 Å². The van der Waals surface area contributed by atoms with E-state index in [0.29, 0.717) is 36.8 Å². The molecule has 1 aliphatic rings. The van der Waals surface area contributed by atoms with Gasteiger partial charge >= 0.3 is 12.1 Å². The molecule has 0 heterocycles. The third-order valence-corrected chi connectivity index (χ3v) is 4.17. The minimum Gasteiger partial charge on any atom is -0.492 e. The van der Waals surface area contributed by atoms with E-state index in [1.165, 1.54) is 0 Å². The molecule has 1 amide bonds. The summed E-state index contributed by atoms with van der Waals surface area (Å²) >= 11 is 6.34. The van der Waals surface area contributed by atoms with Gasteiger partial charge in [0.05, 0.1) is 19.1 Å². The van der Waals surface area contributed by atoms with Crippen molar-refractivity contribution in [1.29, 1.82) is 0 Å². The summed E-state index contributed by atoms with van der Waals surface area (Å²) in [5, 5.41) is 3.22. The second kappa shape index (κ2) is 8.62. The molecule has 1 aromatic carbocycles. The zero-order chi connectivity index (χ0) is 19.3. The van der Waals surface area contributed by atoms with E-state index in [1.807, 2.05) is 6.07 Å². The van der Waals surface area contributed by atoms with Crippen LogP contribution in [0.15, 0.2) is 12.1 Å². The summed E-state index contributed by atoms with van der Waals surface area (Å²) in [6.45, 7) is 8.19. The molecule has 0 fully saturated rings. The Hall–Kier alpha value is -1.95. The number of hydrogen-bond acceptors (Lipinski definition) is 5. The highest BCUT2D eigenvalue weighted by atomic mass is 35.5. The van der Waals surface area contributed by atoms with Crippen molar-refractivity contribution in [3.63, 3.8) is 0 Å². The van der Waals surface area contributed by atoms with Crippen LogP contribution in [0.4, 0.5) is 4.79 Å². The molecular weight excluding hydrogens is 358 g/mol. The number of hydrogen-bond donors (Lipinski definition) is 1. The highest BCUT2D eigenvalue weighted by molar-refractivity contribution is 6.31. The molecule has 0 saturated carbocycles. The summed E-state index contributed by atoms with van der Waals surface area (Å²) in [6, 6.07) is 3.63. The number of amides is 1. The van der Waals surface area contributed by atoms with Gasteiger partial charge in [-0.3, -0.25) is 4.79 Å². The van der Waals surface area contributed by atoms with Crippen molar-refractivity contribution in [2.45, 2.75) is 46.1 Å². The van der Waals surface area contributed by atoms with Crippen LogP contribution < -0.4 is 10.1 Å². The fourth-order valence-electron chi connectivity index (χ4n) is 2.81. The van der Waals surface area contributed by atoms with E-state index in [0.717, 1.165) is 11.1 Å². The fourth-order valence-corrected chi connectivity index (χ4v) is 3.11. The summed E-state index contributed by atoms with van der Waals surface area (Å²) < 4.78 is 15.9. The molecule has 7 heteroatoms. The number of rotatable bonds is 6. The van der Waals surface area contributed by atoms with E-state index in [-0.39, 0.29) is 18.5 Å². The van der Waals surface area contributed by atoms with Crippen molar-refractivity contribution in [2.75, 3.05) is 19.8 Å². The van der Waals surface area contributed by atoms with Crippen LogP contribution in [0.5, 0.6) is 5.75 Å². The number of benzene rings is 1. The first-order valence-electron chi connectivity index (χ1n) is 8.77. The lowest BCUT2D eigenvalue weighted by Crippen LogP contribution is -2.34. The smallest absolute Gasteiger partial charge is 0.407 e. The maximum absolute atomic E-state index is 11.9. The predicted octanol–water partition coefficient (Wildman–Crippen LogP) is 3.52. The molecule has 26 heavy (non-hydrogen) atoms. The van der Waals surface area contributed by atoms with Crippen LogP contribution in [0.3, 0.4) is 0 Å². The van der Waals surface area contributed by atoms with Crippen LogP contribution in [0.25, 0.3) is 0 Å². The van der Waals surface area contributed by atoms with Crippen LogP contribution in [-0.2, 0) is 27.1 Å². The van der Waals surface area contributed by atoms with Crippen LogP contribution in [0.2, 0.25) is 5.02 Å². The number of alkyl carbamates (subject to hydrolysis) is 1. The summed E-state index contributed by atoms with van der Waals surface area (Å²) in [5.41, 5.74) is 1.45. The van der Waals surface area contributed by atoms with Gasteiger partial charge in [0.2, 0.25) is 0 Å². The number of esters is 1. The average molecular weight is 384 g/mol. The van der Waals surface area contributed by atoms with Gasteiger partial charge in [-0.2, -0.15) is 0 Å². The Bertz CT molecular complexity index is 669. The number of carbonyl (C=O) groups is 2. The summed E-state index contributed by atoms with van der Waals surface area (Å²) in [6.07, 6.45) is 0.708. The van der Waals surface area contributed by atoms with E-state index in [4.69, 9.17) is 25.8 Å². The van der Waals surface area contributed by atoms with E-state index in [1.54, 1.807) is 33.8 Å². The predicted molar refractivity (Wildman–Crippen MR) is 98.7 cm³/mol. The molecule has 0 saturated heterocycles. The summed E-state index contributed by atoms with van der Waals surface area (Å²) in [7, 11) is 0. The zero-order valence-electron chi connectivity index (χ0n) is 15.7. The van der Waals surface area contributed by atoms with Crippen molar-refractivity contribution in [3.8, 4) is 5.75 Å². The van der Waals surface area contributed by atoms with Crippen LogP contribution in [0.1, 0.15) is 38.8 Å². The van der Waals surface area contributed by atoms with Crippen molar-refractivity contribution in [2.24, 2.45) is 5.92 Å². The Balaban J connectivity index is 1.86. The molecule has 0 aliphatic heterocycles. The standard InChI is InChI=1S/C19H26ClNO5/c1-5-24-17(22)13-8-12-9-14(11-16(20)15(12)10-13)25-7-6-21-18(23)26-19(2,3)4/h9,11,13H,5-8,10H2,1-4H3,(H,21,23). The van der Waals surface area contributed by atoms with Gasteiger partial charge in [0, 0.05) is 5.02 Å². The Kier molecular flexibility index (Phi) is 6.75. The monoisotopic (exact) mass is 383 g/mol. The highest BCUT2D eigenvalue weighted by Gasteiger charge is 2.30. The van der Waals surface area contributed by atoms with Crippen molar-refractivity contribution in [1.82, 2.24) is 5.32 Å². The van der Waals surface area contributed by atoms with Gasteiger partial charge < -0.3 is 19.5 Å². The first-order chi connectivity index (χ1) is 12.2. The van der Waals surface area contributed by atoms with Gasteiger partial charge in [-0.05, 0) is 63.8 Å². The molecule has 2 rings (SSSR count). The Labute approximate surface area is 159 Å². The van der Waals surface area contributed by atoms with Crippen molar-refractivity contribution >= 4 is 23.7 Å². The van der Waals surface area contributed by atoms with Crippen LogP contribution in [0, 0.1) is 5.92 Å². The Morgan fingerprint density at radius 2 is 2.00 bits per heavy atom. The largest absolute Gasteiger partial charge is 0.492 e. The lowest BCUT2D eigenvalue weighted by Gasteiger charge is -2.19. The molecule has 1 unspecified atom stereocenters. The lowest BCUT2D eigenvalue weighted by atomic mass is 10.1. The first kappa shape index (κ1) is 20.4. The number of nitrogens with one attached hydrogen (secondary N) is 1. The van der Waals surface area contributed by atoms with Gasteiger partial charge in [-0.15, -0.1) is 0 Å². The molecular formula is C19H26ClNO5. The van der Waals surface area contributed by atoms with Gasteiger partial charge in [0.1, 0.15) is 18.0 Å². The maximum atomic E-state index is 11.9. The van der Waals surface area contributed by atoms with E-state index in [9.17, 15) is 9.59 Å². The topological polar surface area (TPSA) is 73.9 Å². The van der Waals surface area contributed by atoms with E-state index >= 15 is 0 Å². The minimum atomic E-state index is -0.534. The molecule has 1 atom stereocenters. The average Bonchev–Trinajstić information content (AvgIpc) is 2.95. The lowest BCUT2D eigenvalue weighted by molar-refractivity contribution is -0.147. The highest BCUT2D eigenvalue weighted by Crippen LogP contribution is 2.36. The second-order valence-electron chi connectivity index (χ2n) is 7.18.